The number of carbonyl (C=O) groups is 1. The van der Waals surface area contributed by atoms with Crippen molar-refractivity contribution in [1.82, 2.24) is 10.2 Å². The number of amides is 1. The van der Waals surface area contributed by atoms with Crippen LogP contribution in [0.4, 0.5) is 0 Å². The van der Waals surface area contributed by atoms with Crippen LogP contribution in [0.1, 0.15) is 76.4 Å². The van der Waals surface area contributed by atoms with Crippen molar-refractivity contribution in [3.8, 4) is 0 Å². The number of aliphatic hydroxyl groups excluding tert-OH is 1. The maximum absolute atomic E-state index is 12.4. The Hall–Kier alpha value is -1.39. The maximum Gasteiger partial charge on any atom is 0.220 e. The highest BCUT2D eigenvalue weighted by atomic mass is 16.3. The van der Waals surface area contributed by atoms with Crippen LogP contribution >= 0.6 is 0 Å². The molecular weight excluding hydrogens is 324 g/mol. The van der Waals surface area contributed by atoms with Gasteiger partial charge in [-0.15, -0.1) is 0 Å². The van der Waals surface area contributed by atoms with Crippen molar-refractivity contribution in [2.24, 2.45) is 0 Å². The van der Waals surface area contributed by atoms with Crippen molar-refractivity contribution >= 4 is 5.91 Å². The van der Waals surface area contributed by atoms with Crippen molar-refractivity contribution in [3.63, 3.8) is 0 Å². The fraction of sp³-hybridized carbons (Fsp3) is 0.682. The Bertz CT molecular complexity index is 500. The minimum Gasteiger partial charge on any atom is -0.386 e. The predicted molar refractivity (Wildman–Crippen MR) is 107 cm³/mol. The summed E-state index contributed by atoms with van der Waals surface area (Å²) in [5.41, 5.74) is 0.872. The van der Waals surface area contributed by atoms with Gasteiger partial charge in [0.05, 0.1) is 6.04 Å². The summed E-state index contributed by atoms with van der Waals surface area (Å²) >= 11 is 0. The summed E-state index contributed by atoms with van der Waals surface area (Å²) < 4.78 is 0. The van der Waals surface area contributed by atoms with Gasteiger partial charge < -0.3 is 15.3 Å². The summed E-state index contributed by atoms with van der Waals surface area (Å²) in [6.07, 6.45) is 9.38. The van der Waals surface area contributed by atoms with Gasteiger partial charge in [-0.2, -0.15) is 0 Å². The quantitative estimate of drug-likeness (QED) is 0.553. The first-order chi connectivity index (χ1) is 12.7. The zero-order valence-electron chi connectivity index (χ0n) is 16.3. The average Bonchev–Trinajstić information content (AvgIpc) is 3.17. The van der Waals surface area contributed by atoms with Gasteiger partial charge in [-0.25, -0.2) is 0 Å². The molecule has 0 bridgehead atoms. The smallest absolute Gasteiger partial charge is 0.220 e. The van der Waals surface area contributed by atoms with E-state index in [4.69, 9.17) is 0 Å². The molecule has 4 nitrogen and oxygen atoms in total. The number of hydrogen-bond donors (Lipinski definition) is 2. The van der Waals surface area contributed by atoms with Gasteiger partial charge in [-0.1, -0.05) is 69.4 Å². The zero-order chi connectivity index (χ0) is 18.6. The van der Waals surface area contributed by atoms with Crippen molar-refractivity contribution in [2.45, 2.75) is 76.9 Å². The number of hydrogen-bond acceptors (Lipinski definition) is 3. The third-order valence-corrected chi connectivity index (χ3v) is 5.28. The number of nitrogens with one attached hydrogen (secondary N) is 1. The van der Waals surface area contributed by atoms with Crippen molar-refractivity contribution < 1.29 is 9.90 Å². The minimum atomic E-state index is -0.662. The second kappa shape index (κ2) is 12.1. The largest absolute Gasteiger partial charge is 0.386 e. The molecule has 1 aromatic rings. The molecule has 1 fully saturated rings. The Morgan fingerprint density at radius 2 is 1.73 bits per heavy atom. The monoisotopic (exact) mass is 360 g/mol. The molecule has 4 heteroatoms. The SMILES string of the molecule is CCCCCCCCC(=O)N[C@H](CN1CCCC1)C(O)c1ccccc1. The van der Waals surface area contributed by atoms with E-state index in [0.717, 1.165) is 38.0 Å². The number of aliphatic hydroxyl groups is 1. The molecule has 1 amide bonds. The number of benzene rings is 1. The normalized spacial score (nSPS) is 17.2. The Balaban J connectivity index is 1.83. The van der Waals surface area contributed by atoms with E-state index in [1.165, 1.54) is 38.5 Å². The van der Waals surface area contributed by atoms with E-state index >= 15 is 0 Å². The summed E-state index contributed by atoms with van der Waals surface area (Å²) in [4.78, 5) is 14.8. The zero-order valence-corrected chi connectivity index (χ0v) is 16.3. The first kappa shape index (κ1) is 20.9. The highest BCUT2D eigenvalue weighted by molar-refractivity contribution is 5.76. The van der Waals surface area contributed by atoms with Crippen LogP contribution in [0.5, 0.6) is 0 Å². The number of nitrogens with zero attached hydrogens (tertiary/aromatic N) is 1. The molecule has 2 atom stereocenters. The van der Waals surface area contributed by atoms with Crippen LogP contribution in [-0.2, 0) is 4.79 Å². The third-order valence-electron chi connectivity index (χ3n) is 5.28. The molecule has 146 valence electrons. The lowest BCUT2D eigenvalue weighted by molar-refractivity contribution is -0.123. The number of unbranched alkanes of at least 4 members (excludes halogenated alkanes) is 5. The van der Waals surface area contributed by atoms with E-state index in [9.17, 15) is 9.90 Å². The van der Waals surface area contributed by atoms with Crippen molar-refractivity contribution in [1.29, 1.82) is 0 Å². The Kier molecular flexibility index (Phi) is 9.72. The molecular formula is C22H36N2O2. The summed E-state index contributed by atoms with van der Waals surface area (Å²) in [6.45, 7) is 5.06. The lowest BCUT2D eigenvalue weighted by Gasteiger charge is -2.28. The highest BCUT2D eigenvalue weighted by Crippen LogP contribution is 2.19. The Morgan fingerprint density at radius 1 is 1.08 bits per heavy atom. The van der Waals surface area contributed by atoms with E-state index in [0.29, 0.717) is 6.42 Å². The molecule has 26 heavy (non-hydrogen) atoms. The van der Waals surface area contributed by atoms with Crippen LogP contribution in [0.2, 0.25) is 0 Å². The second-order valence-electron chi connectivity index (χ2n) is 7.56. The topological polar surface area (TPSA) is 52.6 Å². The molecule has 0 spiro atoms. The first-order valence-electron chi connectivity index (χ1n) is 10.5. The molecule has 2 rings (SSSR count). The standard InChI is InChI=1S/C22H36N2O2/c1-2-3-4-5-6-10-15-21(25)23-20(18-24-16-11-12-17-24)22(26)19-13-8-7-9-14-19/h7-9,13-14,20,22,26H,2-6,10-12,15-18H2,1H3,(H,23,25)/t20-,22?/m1/s1. The van der Waals surface area contributed by atoms with Crippen molar-refractivity contribution in [3.05, 3.63) is 35.9 Å². The van der Waals surface area contributed by atoms with Crippen LogP contribution in [0.15, 0.2) is 30.3 Å². The molecule has 1 aromatic carbocycles. The molecule has 1 aliphatic heterocycles. The average molecular weight is 361 g/mol. The van der Waals surface area contributed by atoms with Crippen LogP contribution in [0, 0.1) is 0 Å². The summed E-state index contributed by atoms with van der Waals surface area (Å²) in [7, 11) is 0. The first-order valence-corrected chi connectivity index (χ1v) is 10.5. The van der Waals surface area contributed by atoms with E-state index in [1.807, 2.05) is 30.3 Å². The lowest BCUT2D eigenvalue weighted by Crippen LogP contribution is -2.46. The van der Waals surface area contributed by atoms with Crippen LogP contribution < -0.4 is 5.32 Å². The fourth-order valence-corrected chi connectivity index (χ4v) is 3.70. The molecule has 1 unspecified atom stereocenters. The van der Waals surface area contributed by atoms with Crippen LogP contribution in [-0.4, -0.2) is 41.6 Å². The van der Waals surface area contributed by atoms with Gasteiger partial charge in [-0.3, -0.25) is 4.79 Å². The van der Waals surface area contributed by atoms with Crippen molar-refractivity contribution in [2.75, 3.05) is 19.6 Å². The van der Waals surface area contributed by atoms with Gasteiger partial charge in [0.1, 0.15) is 6.10 Å². The van der Waals surface area contributed by atoms with Gasteiger partial charge in [0.15, 0.2) is 0 Å². The maximum atomic E-state index is 12.4. The summed E-state index contributed by atoms with van der Waals surface area (Å²) in [6, 6.07) is 9.43. The van der Waals surface area contributed by atoms with E-state index < -0.39 is 6.10 Å². The molecule has 0 radical (unpaired) electrons. The summed E-state index contributed by atoms with van der Waals surface area (Å²) in [5, 5.41) is 13.9. The molecule has 0 aromatic heterocycles. The molecule has 1 aliphatic rings. The number of rotatable bonds is 12. The third kappa shape index (κ3) is 7.46. The van der Waals surface area contributed by atoms with Gasteiger partial charge in [0.25, 0.3) is 0 Å². The Labute approximate surface area is 159 Å². The van der Waals surface area contributed by atoms with Gasteiger partial charge in [0.2, 0.25) is 5.91 Å². The van der Waals surface area contributed by atoms with Crippen LogP contribution in [0.3, 0.4) is 0 Å². The van der Waals surface area contributed by atoms with Gasteiger partial charge in [-0.05, 0) is 37.9 Å². The van der Waals surface area contributed by atoms with E-state index in [-0.39, 0.29) is 11.9 Å². The fourth-order valence-electron chi connectivity index (χ4n) is 3.70. The molecule has 1 saturated heterocycles. The molecule has 0 aliphatic carbocycles. The number of likely N-dealkylation sites (tertiary alicyclic amines) is 1. The minimum absolute atomic E-state index is 0.0691. The molecule has 1 heterocycles. The van der Waals surface area contributed by atoms with Gasteiger partial charge in [0, 0.05) is 13.0 Å². The number of carbonyl (C=O) groups excluding carboxylic acids is 1. The highest BCUT2D eigenvalue weighted by Gasteiger charge is 2.26. The second-order valence-corrected chi connectivity index (χ2v) is 7.56. The van der Waals surface area contributed by atoms with Gasteiger partial charge >= 0.3 is 0 Å². The van der Waals surface area contributed by atoms with E-state index in [1.54, 1.807) is 0 Å². The molecule has 2 N–H and O–H groups in total. The van der Waals surface area contributed by atoms with E-state index in [2.05, 4.69) is 17.1 Å². The predicted octanol–water partition coefficient (Wildman–Crippen LogP) is 4.05. The lowest BCUT2D eigenvalue weighted by atomic mass is 10.0. The summed E-state index contributed by atoms with van der Waals surface area (Å²) in [5.74, 6) is 0.0691. The van der Waals surface area contributed by atoms with Crippen LogP contribution in [0.25, 0.3) is 0 Å². The Morgan fingerprint density at radius 3 is 2.42 bits per heavy atom. The molecule has 0 saturated carbocycles.